The van der Waals surface area contributed by atoms with Crippen LogP contribution in [0, 0.1) is 11.3 Å². The van der Waals surface area contributed by atoms with Gasteiger partial charge in [-0.25, -0.2) is 0 Å². The van der Waals surface area contributed by atoms with Gasteiger partial charge >= 0.3 is 0 Å². The summed E-state index contributed by atoms with van der Waals surface area (Å²) >= 11 is 0. The summed E-state index contributed by atoms with van der Waals surface area (Å²) in [7, 11) is 0. The Morgan fingerprint density at radius 3 is 3.11 bits per heavy atom. The fourth-order valence-corrected chi connectivity index (χ4v) is 2.79. The quantitative estimate of drug-likeness (QED) is 0.674. The fourth-order valence-electron chi connectivity index (χ4n) is 2.79. The average Bonchev–Trinajstić information content (AvgIpc) is 2.81. The molecule has 1 amide bonds. The van der Waals surface area contributed by atoms with E-state index in [9.17, 15) is 15.2 Å². The van der Waals surface area contributed by atoms with E-state index in [-0.39, 0.29) is 17.7 Å². The molecule has 0 aliphatic carbocycles. The predicted molar refractivity (Wildman–Crippen MR) is 65.2 cm³/mol. The zero-order chi connectivity index (χ0) is 12.7. The SMILES string of the molecule is N#C[C@@H]1Nc2c(O)cccc2C(=O)N2CCC[C@@H]12. The summed E-state index contributed by atoms with van der Waals surface area (Å²) in [6.45, 7) is 0.679. The minimum Gasteiger partial charge on any atom is -0.506 e. The fraction of sp³-hybridized carbons (Fsp3) is 0.385. The zero-order valence-corrected chi connectivity index (χ0v) is 9.76. The molecule has 0 saturated carbocycles. The Bertz CT molecular complexity index is 550. The summed E-state index contributed by atoms with van der Waals surface area (Å²) in [6.07, 6.45) is 1.75. The van der Waals surface area contributed by atoms with Crippen molar-refractivity contribution in [1.29, 1.82) is 5.26 Å². The van der Waals surface area contributed by atoms with Gasteiger partial charge in [0.15, 0.2) is 0 Å². The number of carbonyl (C=O) groups excluding carboxylic acids is 1. The van der Waals surface area contributed by atoms with Gasteiger partial charge in [-0.2, -0.15) is 5.26 Å². The largest absolute Gasteiger partial charge is 0.506 e. The molecule has 3 rings (SSSR count). The highest BCUT2D eigenvalue weighted by molar-refractivity contribution is 6.02. The number of aromatic hydroxyl groups is 1. The molecular weight excluding hydrogens is 230 g/mol. The van der Waals surface area contributed by atoms with Crippen LogP contribution in [0.2, 0.25) is 0 Å². The first kappa shape index (κ1) is 10.9. The summed E-state index contributed by atoms with van der Waals surface area (Å²) in [5.74, 6) is -0.0871. The molecule has 0 unspecified atom stereocenters. The van der Waals surface area contributed by atoms with Crippen LogP contribution in [-0.4, -0.2) is 34.5 Å². The number of phenolic OH excluding ortho intramolecular Hbond substituents is 1. The number of carbonyl (C=O) groups is 1. The van der Waals surface area contributed by atoms with Crippen LogP contribution in [0.4, 0.5) is 5.69 Å². The first-order chi connectivity index (χ1) is 8.72. The number of hydrogen-bond acceptors (Lipinski definition) is 4. The second-order valence-corrected chi connectivity index (χ2v) is 4.66. The molecule has 2 heterocycles. The number of hydrogen-bond donors (Lipinski definition) is 2. The molecule has 92 valence electrons. The lowest BCUT2D eigenvalue weighted by atomic mass is 10.1. The highest BCUT2D eigenvalue weighted by Crippen LogP contribution is 2.35. The molecule has 1 saturated heterocycles. The zero-order valence-electron chi connectivity index (χ0n) is 9.76. The van der Waals surface area contributed by atoms with Crippen molar-refractivity contribution in [1.82, 2.24) is 4.90 Å². The third kappa shape index (κ3) is 1.42. The maximum absolute atomic E-state index is 12.4. The Kier molecular flexibility index (Phi) is 2.37. The number of para-hydroxylation sites is 1. The lowest BCUT2D eigenvalue weighted by molar-refractivity contribution is 0.0740. The summed E-state index contributed by atoms with van der Waals surface area (Å²) in [4.78, 5) is 14.1. The lowest BCUT2D eigenvalue weighted by Gasteiger charge is -2.24. The van der Waals surface area contributed by atoms with Gasteiger partial charge in [0.1, 0.15) is 11.8 Å². The van der Waals surface area contributed by atoms with Crippen LogP contribution in [-0.2, 0) is 0 Å². The van der Waals surface area contributed by atoms with Crippen LogP contribution >= 0.6 is 0 Å². The molecule has 2 atom stereocenters. The molecule has 2 aliphatic rings. The van der Waals surface area contributed by atoms with E-state index < -0.39 is 6.04 Å². The third-order valence-electron chi connectivity index (χ3n) is 3.66. The van der Waals surface area contributed by atoms with Crippen molar-refractivity contribution in [3.05, 3.63) is 23.8 Å². The van der Waals surface area contributed by atoms with E-state index in [1.807, 2.05) is 0 Å². The minimum atomic E-state index is -0.467. The van der Waals surface area contributed by atoms with Gasteiger partial charge in [0.05, 0.1) is 23.4 Å². The number of anilines is 1. The van der Waals surface area contributed by atoms with Gasteiger partial charge in [-0.15, -0.1) is 0 Å². The van der Waals surface area contributed by atoms with Gasteiger partial charge in [0, 0.05) is 6.54 Å². The highest BCUT2D eigenvalue weighted by atomic mass is 16.3. The van der Waals surface area contributed by atoms with Crippen LogP contribution in [0.1, 0.15) is 23.2 Å². The monoisotopic (exact) mass is 243 g/mol. The average molecular weight is 243 g/mol. The number of rotatable bonds is 0. The number of nitriles is 1. The number of amides is 1. The summed E-state index contributed by atoms with van der Waals surface area (Å²) < 4.78 is 0. The summed E-state index contributed by atoms with van der Waals surface area (Å²) in [5, 5.41) is 22.1. The topological polar surface area (TPSA) is 76.4 Å². The van der Waals surface area contributed by atoms with Gasteiger partial charge in [-0.1, -0.05) is 6.07 Å². The van der Waals surface area contributed by atoms with Crippen molar-refractivity contribution in [2.45, 2.75) is 24.9 Å². The lowest BCUT2D eigenvalue weighted by Crippen LogP contribution is -2.42. The Balaban J connectivity index is 2.14. The molecular formula is C13H13N3O2. The van der Waals surface area contributed by atoms with E-state index in [1.54, 1.807) is 17.0 Å². The number of phenols is 1. The molecule has 0 aromatic heterocycles. The van der Waals surface area contributed by atoms with E-state index in [1.165, 1.54) is 6.07 Å². The van der Waals surface area contributed by atoms with Crippen LogP contribution < -0.4 is 5.32 Å². The Morgan fingerprint density at radius 2 is 2.33 bits per heavy atom. The van der Waals surface area contributed by atoms with Gasteiger partial charge in [-0.05, 0) is 25.0 Å². The predicted octanol–water partition coefficient (Wildman–Crippen LogP) is 1.31. The first-order valence-electron chi connectivity index (χ1n) is 6.01. The van der Waals surface area contributed by atoms with Crippen LogP contribution in [0.25, 0.3) is 0 Å². The molecule has 1 aromatic carbocycles. The maximum atomic E-state index is 12.4. The van der Waals surface area contributed by atoms with Crippen LogP contribution in [0.3, 0.4) is 0 Å². The van der Waals surface area contributed by atoms with Gasteiger partial charge in [0.2, 0.25) is 0 Å². The molecule has 0 radical (unpaired) electrons. The van der Waals surface area contributed by atoms with E-state index in [2.05, 4.69) is 11.4 Å². The van der Waals surface area contributed by atoms with Gasteiger partial charge in [0.25, 0.3) is 5.91 Å². The van der Waals surface area contributed by atoms with E-state index in [4.69, 9.17) is 0 Å². The Labute approximate surface area is 105 Å². The number of fused-ring (bicyclic) bond motifs is 2. The number of benzene rings is 1. The van der Waals surface area contributed by atoms with Gasteiger partial charge in [-0.3, -0.25) is 4.79 Å². The van der Waals surface area contributed by atoms with Crippen molar-refractivity contribution in [2.75, 3.05) is 11.9 Å². The molecule has 18 heavy (non-hydrogen) atoms. The number of nitrogens with one attached hydrogen (secondary N) is 1. The van der Waals surface area contributed by atoms with Crippen LogP contribution in [0.5, 0.6) is 5.75 Å². The molecule has 0 bridgehead atoms. The van der Waals surface area contributed by atoms with Crippen molar-refractivity contribution in [3.8, 4) is 11.8 Å². The summed E-state index contributed by atoms with van der Waals surface area (Å²) in [5.41, 5.74) is 0.822. The van der Waals surface area contributed by atoms with Crippen molar-refractivity contribution in [2.24, 2.45) is 0 Å². The highest BCUT2D eigenvalue weighted by Gasteiger charge is 2.39. The number of nitrogens with zero attached hydrogens (tertiary/aromatic N) is 2. The van der Waals surface area contributed by atoms with E-state index in [0.29, 0.717) is 17.8 Å². The maximum Gasteiger partial charge on any atom is 0.256 e. The van der Waals surface area contributed by atoms with Gasteiger partial charge < -0.3 is 15.3 Å². The second kappa shape index (κ2) is 3.91. The van der Waals surface area contributed by atoms with Crippen molar-refractivity contribution >= 4 is 11.6 Å². The van der Waals surface area contributed by atoms with E-state index >= 15 is 0 Å². The molecule has 5 heteroatoms. The third-order valence-corrected chi connectivity index (χ3v) is 3.66. The molecule has 0 spiro atoms. The normalized spacial score (nSPS) is 25.7. The van der Waals surface area contributed by atoms with E-state index in [0.717, 1.165) is 12.8 Å². The first-order valence-corrected chi connectivity index (χ1v) is 6.01. The van der Waals surface area contributed by atoms with Crippen LogP contribution in [0.15, 0.2) is 18.2 Å². The Morgan fingerprint density at radius 1 is 1.50 bits per heavy atom. The smallest absolute Gasteiger partial charge is 0.256 e. The summed E-state index contributed by atoms with van der Waals surface area (Å²) in [6, 6.07) is 6.46. The molecule has 1 fully saturated rings. The Hall–Kier alpha value is -2.22. The standard InChI is InChI=1S/C13H13N3O2/c14-7-9-10-4-2-6-16(10)13(18)8-3-1-5-11(17)12(8)15-9/h1,3,5,9-10,15,17H,2,4,6H2/t9-,10-/m0/s1. The molecule has 2 aliphatic heterocycles. The molecule has 2 N–H and O–H groups in total. The van der Waals surface area contributed by atoms with Crippen molar-refractivity contribution in [3.63, 3.8) is 0 Å². The minimum absolute atomic E-state index is 0.0160. The second-order valence-electron chi connectivity index (χ2n) is 4.66. The van der Waals surface area contributed by atoms with Crippen molar-refractivity contribution < 1.29 is 9.90 Å². The molecule has 5 nitrogen and oxygen atoms in total. The molecule has 1 aromatic rings.